The molecule has 0 aromatic heterocycles. The number of nitrogens with one attached hydrogen (secondary N) is 1. The van der Waals surface area contributed by atoms with Gasteiger partial charge in [0.2, 0.25) is 0 Å². The minimum absolute atomic E-state index is 0.0158. The van der Waals surface area contributed by atoms with Gasteiger partial charge in [-0.05, 0) is 118 Å². The Balaban J connectivity index is 1.17. The van der Waals surface area contributed by atoms with Crippen molar-refractivity contribution in [3.63, 3.8) is 0 Å². The van der Waals surface area contributed by atoms with Gasteiger partial charge in [0.05, 0.1) is 20.8 Å². The van der Waals surface area contributed by atoms with Crippen LogP contribution in [0.2, 0.25) is 0 Å². The van der Waals surface area contributed by atoms with Crippen molar-refractivity contribution in [1.82, 2.24) is 5.32 Å². The van der Waals surface area contributed by atoms with Gasteiger partial charge in [-0.2, -0.15) is 0 Å². The zero-order chi connectivity index (χ0) is 38.9. The first-order valence-electron chi connectivity index (χ1n) is 18.5. The topological polar surface area (TPSA) is 131 Å². The van der Waals surface area contributed by atoms with Gasteiger partial charge in [-0.1, -0.05) is 60.7 Å². The third-order valence-electron chi connectivity index (χ3n) is 10.5. The maximum Gasteiger partial charge on any atom is 0.335 e. The van der Waals surface area contributed by atoms with E-state index < -0.39 is 22.8 Å². The Hall–Kier alpha value is -6.02. The van der Waals surface area contributed by atoms with Crippen molar-refractivity contribution < 1.29 is 28.8 Å². The minimum atomic E-state index is -0.806. The Morgan fingerprint density at radius 2 is 1.45 bits per heavy atom. The molecule has 3 heterocycles. The van der Waals surface area contributed by atoms with Crippen molar-refractivity contribution >= 4 is 63.6 Å². The number of hydrogen-bond donors (Lipinski definition) is 1. The number of carbonyl (C=O) groups excluding carboxylic acids is 3. The van der Waals surface area contributed by atoms with Crippen molar-refractivity contribution in [2.75, 3.05) is 29.5 Å². The molecule has 0 radical (unpaired) electrons. The van der Waals surface area contributed by atoms with Gasteiger partial charge in [-0.25, -0.2) is 9.69 Å². The molecular formula is C44H37IN4O7. The molecule has 0 aliphatic carbocycles. The van der Waals surface area contributed by atoms with Gasteiger partial charge in [0.1, 0.15) is 12.2 Å². The number of anilines is 2. The van der Waals surface area contributed by atoms with E-state index in [0.717, 1.165) is 53.2 Å². The number of nitrogens with zero attached hydrogens (tertiary/aromatic N) is 3. The molecule has 2 atom stereocenters. The van der Waals surface area contributed by atoms with Gasteiger partial charge in [0.15, 0.2) is 11.5 Å². The van der Waals surface area contributed by atoms with Crippen LogP contribution >= 0.6 is 22.6 Å². The summed E-state index contributed by atoms with van der Waals surface area (Å²) >= 11 is 2.10. The third-order valence-corrected chi connectivity index (χ3v) is 11.3. The van der Waals surface area contributed by atoms with Crippen LogP contribution in [0.1, 0.15) is 65.0 Å². The summed E-state index contributed by atoms with van der Waals surface area (Å²) < 4.78 is 12.7. The SMILES string of the molecule is CCOc1cc(/C=C2\C(=O)NC(=O)N(c3cc4c5c(c3)[C@H](c3ccccc3)CCN5CC[C@H]4c3ccccc3)C2=O)cc(I)c1OCc1ccc([N+](=O)[O-])cc1. The van der Waals surface area contributed by atoms with E-state index in [0.29, 0.717) is 32.9 Å². The molecule has 5 aromatic carbocycles. The van der Waals surface area contributed by atoms with Crippen molar-refractivity contribution in [1.29, 1.82) is 0 Å². The molecule has 12 heteroatoms. The zero-order valence-electron chi connectivity index (χ0n) is 30.4. The summed E-state index contributed by atoms with van der Waals surface area (Å²) in [6, 6.07) is 33.2. The van der Waals surface area contributed by atoms with Gasteiger partial charge in [0, 0.05) is 42.7 Å². The van der Waals surface area contributed by atoms with Crippen LogP contribution in [0, 0.1) is 13.7 Å². The van der Waals surface area contributed by atoms with E-state index in [1.807, 2.05) is 55.5 Å². The summed E-state index contributed by atoms with van der Waals surface area (Å²) in [5.41, 5.74) is 7.01. The van der Waals surface area contributed by atoms with Crippen molar-refractivity contribution in [2.24, 2.45) is 0 Å². The van der Waals surface area contributed by atoms with E-state index in [1.165, 1.54) is 29.3 Å². The second-order valence-corrected chi connectivity index (χ2v) is 15.1. The maximum atomic E-state index is 14.5. The molecule has 1 saturated heterocycles. The number of hydrogen-bond acceptors (Lipinski definition) is 8. The van der Waals surface area contributed by atoms with Crippen molar-refractivity contribution in [3.8, 4) is 11.5 Å². The summed E-state index contributed by atoms with van der Waals surface area (Å²) in [7, 11) is 0. The standard InChI is InChI=1S/C44H37IN4O7/c1-2-55-39-23-28(22-38(45)41(39)56-26-27-13-15-31(16-14-27)49(53)54)21-37-42(50)46-44(52)48(43(37)51)32-24-35-33(29-9-5-3-6-10-29)17-19-47-20-18-34(36(25-32)40(35)47)30-11-7-4-8-12-30/h3-16,21-25,33-34H,2,17-20,26H2,1H3,(H,46,50,52)/b37-21+/t33-,34-/m0/s1. The molecule has 0 unspecified atom stereocenters. The average molecular weight is 861 g/mol. The first kappa shape index (κ1) is 36.9. The molecule has 11 nitrogen and oxygen atoms in total. The lowest BCUT2D eigenvalue weighted by Gasteiger charge is -2.44. The third kappa shape index (κ3) is 7.12. The van der Waals surface area contributed by atoms with Crippen LogP contribution in [0.5, 0.6) is 11.5 Å². The average Bonchev–Trinajstić information content (AvgIpc) is 3.20. The molecule has 0 bridgehead atoms. The van der Waals surface area contributed by atoms with Crippen LogP contribution in [0.3, 0.4) is 0 Å². The van der Waals surface area contributed by atoms with Crippen LogP contribution in [-0.4, -0.2) is 42.5 Å². The Kier molecular flexibility index (Phi) is 10.3. The molecule has 56 heavy (non-hydrogen) atoms. The number of barbiturate groups is 1. The number of benzene rings is 5. The maximum absolute atomic E-state index is 14.5. The fraction of sp³-hybridized carbons (Fsp3) is 0.205. The number of amides is 4. The zero-order valence-corrected chi connectivity index (χ0v) is 32.6. The normalized spacial score (nSPS) is 18.4. The minimum Gasteiger partial charge on any atom is -0.490 e. The number of ether oxygens (including phenoxy) is 2. The molecular weight excluding hydrogens is 823 g/mol. The summed E-state index contributed by atoms with van der Waals surface area (Å²) in [6.07, 6.45) is 3.23. The predicted molar refractivity (Wildman–Crippen MR) is 221 cm³/mol. The first-order chi connectivity index (χ1) is 27.2. The molecule has 0 saturated carbocycles. The number of nitro benzene ring substituents is 1. The molecule has 3 aliphatic rings. The van der Waals surface area contributed by atoms with E-state index in [1.54, 1.807) is 24.3 Å². The molecule has 0 spiro atoms. The molecule has 5 aromatic rings. The predicted octanol–water partition coefficient (Wildman–Crippen LogP) is 8.72. The number of non-ortho nitro benzene ring substituents is 1. The Morgan fingerprint density at radius 3 is 2.02 bits per heavy atom. The Morgan fingerprint density at radius 1 is 0.839 bits per heavy atom. The highest BCUT2D eigenvalue weighted by Gasteiger charge is 2.40. The van der Waals surface area contributed by atoms with Crippen LogP contribution in [-0.2, 0) is 16.2 Å². The van der Waals surface area contributed by atoms with E-state index in [4.69, 9.17) is 9.47 Å². The van der Waals surface area contributed by atoms with E-state index in [2.05, 4.69) is 57.1 Å². The molecule has 4 amide bonds. The monoisotopic (exact) mass is 860 g/mol. The van der Waals surface area contributed by atoms with Gasteiger partial charge in [0.25, 0.3) is 17.5 Å². The van der Waals surface area contributed by atoms with Crippen LogP contribution in [0.15, 0.2) is 115 Å². The molecule has 8 rings (SSSR count). The van der Waals surface area contributed by atoms with Gasteiger partial charge >= 0.3 is 6.03 Å². The largest absolute Gasteiger partial charge is 0.490 e. The lowest BCUT2D eigenvalue weighted by Crippen LogP contribution is -2.54. The van der Waals surface area contributed by atoms with E-state index >= 15 is 0 Å². The van der Waals surface area contributed by atoms with Crippen LogP contribution in [0.4, 0.5) is 21.9 Å². The highest BCUT2D eigenvalue weighted by molar-refractivity contribution is 14.1. The van der Waals surface area contributed by atoms with Gasteiger partial charge in [-0.3, -0.25) is 25.0 Å². The number of imide groups is 2. The van der Waals surface area contributed by atoms with Crippen molar-refractivity contribution in [2.45, 2.75) is 38.2 Å². The highest BCUT2D eigenvalue weighted by atomic mass is 127. The number of nitro groups is 1. The summed E-state index contributed by atoms with van der Waals surface area (Å²) in [5.74, 6) is -0.582. The second kappa shape index (κ2) is 15.6. The van der Waals surface area contributed by atoms with E-state index in [-0.39, 0.29) is 29.7 Å². The number of halogens is 1. The molecule has 282 valence electrons. The quantitative estimate of drug-likeness (QED) is 0.0485. The highest BCUT2D eigenvalue weighted by Crippen LogP contribution is 2.50. The van der Waals surface area contributed by atoms with Crippen LogP contribution in [0.25, 0.3) is 6.08 Å². The summed E-state index contributed by atoms with van der Waals surface area (Å²) in [4.78, 5) is 55.7. The number of urea groups is 1. The number of carbonyl (C=O) groups is 3. The fourth-order valence-corrected chi connectivity index (χ4v) is 8.75. The van der Waals surface area contributed by atoms with Gasteiger partial charge in [-0.15, -0.1) is 0 Å². The molecule has 1 fully saturated rings. The van der Waals surface area contributed by atoms with Gasteiger partial charge < -0.3 is 14.4 Å². The fourth-order valence-electron chi connectivity index (χ4n) is 7.97. The summed E-state index contributed by atoms with van der Waals surface area (Å²) in [5, 5.41) is 13.5. The second-order valence-electron chi connectivity index (χ2n) is 13.9. The smallest absolute Gasteiger partial charge is 0.335 e. The first-order valence-corrected chi connectivity index (χ1v) is 19.5. The molecule has 1 N–H and O–H groups in total. The summed E-state index contributed by atoms with van der Waals surface area (Å²) in [6.45, 7) is 4.07. The molecule has 3 aliphatic heterocycles. The Bertz CT molecular complexity index is 2310. The lowest BCUT2D eigenvalue weighted by atomic mass is 9.76. The number of rotatable bonds is 10. The lowest BCUT2D eigenvalue weighted by molar-refractivity contribution is -0.384. The van der Waals surface area contributed by atoms with Crippen molar-refractivity contribution in [3.05, 3.63) is 162 Å². The van der Waals surface area contributed by atoms with Crippen LogP contribution < -0.4 is 24.6 Å². The van der Waals surface area contributed by atoms with E-state index in [9.17, 15) is 24.5 Å². The Labute approximate surface area is 337 Å².